The third-order valence-corrected chi connectivity index (χ3v) is 6.86. The molecule has 30 heavy (non-hydrogen) atoms. The van der Waals surface area contributed by atoms with Crippen molar-refractivity contribution in [3.63, 3.8) is 0 Å². The second kappa shape index (κ2) is 8.99. The summed E-state index contributed by atoms with van der Waals surface area (Å²) in [6.45, 7) is 9.86. The summed E-state index contributed by atoms with van der Waals surface area (Å²) in [6, 6.07) is 15.2. The molecule has 0 bridgehead atoms. The van der Waals surface area contributed by atoms with Crippen molar-refractivity contribution in [2.24, 2.45) is 0 Å². The lowest BCUT2D eigenvalue weighted by atomic mass is 9.84. The monoisotopic (exact) mass is 408 g/mol. The summed E-state index contributed by atoms with van der Waals surface area (Å²) in [7, 11) is 3.91. The summed E-state index contributed by atoms with van der Waals surface area (Å²) >= 11 is 0. The van der Waals surface area contributed by atoms with Crippen LogP contribution in [-0.4, -0.2) is 55.7 Å². The first-order valence-electron chi connectivity index (χ1n) is 11.3. The standard InChI is InChI=1S/C26H36N2O2/c1-26(2)13-5-14-28(26)15-6-16-30-23-11-12-24-21(17-23)18-27(3)19-25(24)20-7-9-22(29-4)10-8-20/h7-12,17,25H,5-6,13-16,18-19H2,1-4H3. The number of fused-ring (bicyclic) bond motifs is 1. The van der Waals surface area contributed by atoms with E-state index in [2.05, 4.69) is 73.2 Å². The number of nitrogens with zero attached hydrogens (tertiary/aromatic N) is 2. The maximum atomic E-state index is 6.14. The predicted octanol–water partition coefficient (Wildman–Crippen LogP) is 4.92. The van der Waals surface area contributed by atoms with Gasteiger partial charge in [0, 0.05) is 31.1 Å². The molecule has 0 spiro atoms. The van der Waals surface area contributed by atoms with Crippen LogP contribution in [0.3, 0.4) is 0 Å². The first kappa shape index (κ1) is 21.2. The largest absolute Gasteiger partial charge is 0.497 e. The van der Waals surface area contributed by atoms with E-state index in [0.717, 1.165) is 44.2 Å². The van der Waals surface area contributed by atoms with Crippen LogP contribution in [0.2, 0.25) is 0 Å². The fourth-order valence-corrected chi connectivity index (χ4v) is 5.06. The van der Waals surface area contributed by atoms with E-state index < -0.39 is 0 Å². The van der Waals surface area contributed by atoms with Gasteiger partial charge < -0.3 is 14.4 Å². The molecule has 0 amide bonds. The van der Waals surface area contributed by atoms with Crippen LogP contribution < -0.4 is 9.47 Å². The Balaban J connectivity index is 1.40. The van der Waals surface area contributed by atoms with E-state index in [1.807, 2.05) is 0 Å². The molecule has 0 aromatic heterocycles. The molecule has 162 valence electrons. The molecule has 1 fully saturated rings. The first-order valence-corrected chi connectivity index (χ1v) is 11.3. The SMILES string of the molecule is COc1ccc(C2CN(C)Cc3cc(OCCCN4CCCC4(C)C)ccc32)cc1. The molecule has 0 aliphatic carbocycles. The van der Waals surface area contributed by atoms with Crippen LogP contribution in [0.1, 0.15) is 55.7 Å². The van der Waals surface area contributed by atoms with E-state index in [1.165, 1.54) is 36.1 Å². The van der Waals surface area contributed by atoms with Crippen molar-refractivity contribution in [1.82, 2.24) is 9.80 Å². The third kappa shape index (κ3) is 4.65. The maximum absolute atomic E-state index is 6.14. The summed E-state index contributed by atoms with van der Waals surface area (Å²) in [5.74, 6) is 2.29. The number of hydrogen-bond donors (Lipinski definition) is 0. The lowest BCUT2D eigenvalue weighted by Gasteiger charge is -2.33. The van der Waals surface area contributed by atoms with Crippen LogP contribution in [0.15, 0.2) is 42.5 Å². The van der Waals surface area contributed by atoms with Crippen molar-refractivity contribution in [3.8, 4) is 11.5 Å². The highest BCUT2D eigenvalue weighted by atomic mass is 16.5. The average Bonchev–Trinajstić information content (AvgIpc) is 3.08. The fourth-order valence-electron chi connectivity index (χ4n) is 5.06. The molecule has 0 saturated carbocycles. The van der Waals surface area contributed by atoms with Crippen molar-refractivity contribution in [2.75, 3.05) is 40.4 Å². The van der Waals surface area contributed by atoms with Crippen LogP contribution >= 0.6 is 0 Å². The van der Waals surface area contributed by atoms with Gasteiger partial charge in [-0.3, -0.25) is 4.90 Å². The minimum atomic E-state index is 0.354. The Kier molecular flexibility index (Phi) is 6.35. The number of benzene rings is 2. The summed E-state index contributed by atoms with van der Waals surface area (Å²) in [5, 5.41) is 0. The third-order valence-electron chi connectivity index (χ3n) is 6.86. The van der Waals surface area contributed by atoms with E-state index >= 15 is 0 Å². The Bertz CT molecular complexity index is 847. The van der Waals surface area contributed by atoms with Gasteiger partial charge in [0.05, 0.1) is 13.7 Å². The van der Waals surface area contributed by atoms with Gasteiger partial charge in [-0.05, 0) is 87.7 Å². The topological polar surface area (TPSA) is 24.9 Å². The second-order valence-corrected chi connectivity index (χ2v) is 9.49. The van der Waals surface area contributed by atoms with Gasteiger partial charge in [0.2, 0.25) is 0 Å². The van der Waals surface area contributed by atoms with Gasteiger partial charge in [0.15, 0.2) is 0 Å². The van der Waals surface area contributed by atoms with Gasteiger partial charge in [-0.1, -0.05) is 18.2 Å². The predicted molar refractivity (Wildman–Crippen MR) is 123 cm³/mol. The average molecular weight is 409 g/mol. The number of likely N-dealkylation sites (N-methyl/N-ethyl adjacent to an activating group) is 1. The zero-order valence-electron chi connectivity index (χ0n) is 19.0. The van der Waals surface area contributed by atoms with Crippen molar-refractivity contribution < 1.29 is 9.47 Å². The molecule has 2 aliphatic heterocycles. The van der Waals surface area contributed by atoms with Gasteiger partial charge in [0.1, 0.15) is 11.5 Å². The summed E-state index contributed by atoms with van der Waals surface area (Å²) in [6.07, 6.45) is 3.71. The molecule has 4 rings (SSSR count). The maximum Gasteiger partial charge on any atom is 0.119 e. The molecule has 4 heteroatoms. The van der Waals surface area contributed by atoms with E-state index in [9.17, 15) is 0 Å². The molecule has 1 atom stereocenters. The highest BCUT2D eigenvalue weighted by Crippen LogP contribution is 2.35. The minimum Gasteiger partial charge on any atom is -0.497 e. The molecule has 2 aliphatic rings. The minimum absolute atomic E-state index is 0.354. The van der Waals surface area contributed by atoms with E-state index in [4.69, 9.17) is 9.47 Å². The van der Waals surface area contributed by atoms with Gasteiger partial charge in [0.25, 0.3) is 0 Å². The van der Waals surface area contributed by atoms with Crippen molar-refractivity contribution in [1.29, 1.82) is 0 Å². The number of likely N-dealkylation sites (tertiary alicyclic amines) is 1. The zero-order valence-corrected chi connectivity index (χ0v) is 19.0. The Morgan fingerprint density at radius 1 is 1.07 bits per heavy atom. The molecule has 1 saturated heterocycles. The van der Waals surface area contributed by atoms with Gasteiger partial charge in [-0.15, -0.1) is 0 Å². The fraction of sp³-hybridized carbons (Fsp3) is 0.538. The lowest BCUT2D eigenvalue weighted by Crippen LogP contribution is -2.39. The highest BCUT2D eigenvalue weighted by Gasteiger charge is 2.31. The molecule has 0 N–H and O–H groups in total. The van der Waals surface area contributed by atoms with Crippen molar-refractivity contribution >= 4 is 0 Å². The molecule has 2 aromatic carbocycles. The Labute approximate surface area is 181 Å². The normalized spacial score (nSPS) is 21.4. The summed E-state index contributed by atoms with van der Waals surface area (Å²) < 4.78 is 11.5. The Hall–Kier alpha value is -2.04. The number of rotatable bonds is 7. The molecular formula is C26H36N2O2. The van der Waals surface area contributed by atoms with E-state index in [0.29, 0.717) is 11.5 Å². The second-order valence-electron chi connectivity index (χ2n) is 9.49. The Morgan fingerprint density at radius 2 is 1.83 bits per heavy atom. The van der Waals surface area contributed by atoms with Crippen LogP contribution in [0, 0.1) is 0 Å². The molecule has 1 unspecified atom stereocenters. The van der Waals surface area contributed by atoms with Crippen LogP contribution in [0.25, 0.3) is 0 Å². The summed E-state index contributed by atoms with van der Waals surface area (Å²) in [5.41, 5.74) is 4.49. The van der Waals surface area contributed by atoms with Crippen molar-refractivity contribution in [3.05, 3.63) is 59.2 Å². The number of methoxy groups -OCH3 is 1. The quantitative estimate of drug-likeness (QED) is 0.608. The van der Waals surface area contributed by atoms with E-state index in [-0.39, 0.29) is 0 Å². The van der Waals surface area contributed by atoms with E-state index in [1.54, 1.807) is 7.11 Å². The molecular weight excluding hydrogens is 372 g/mol. The highest BCUT2D eigenvalue weighted by molar-refractivity contribution is 5.45. The molecule has 4 nitrogen and oxygen atoms in total. The molecule has 2 aromatic rings. The number of hydrogen-bond acceptors (Lipinski definition) is 4. The van der Waals surface area contributed by atoms with Crippen LogP contribution in [0.5, 0.6) is 11.5 Å². The Morgan fingerprint density at radius 3 is 2.53 bits per heavy atom. The summed E-state index contributed by atoms with van der Waals surface area (Å²) in [4.78, 5) is 5.01. The zero-order chi connectivity index (χ0) is 21.1. The van der Waals surface area contributed by atoms with Gasteiger partial charge in [-0.25, -0.2) is 0 Å². The van der Waals surface area contributed by atoms with Gasteiger partial charge in [-0.2, -0.15) is 0 Å². The van der Waals surface area contributed by atoms with Crippen molar-refractivity contribution in [2.45, 2.75) is 51.1 Å². The van der Waals surface area contributed by atoms with Gasteiger partial charge >= 0.3 is 0 Å². The lowest BCUT2D eigenvalue weighted by molar-refractivity contribution is 0.160. The molecule has 2 heterocycles. The first-order chi connectivity index (χ1) is 14.5. The van der Waals surface area contributed by atoms with Crippen LogP contribution in [0.4, 0.5) is 0 Å². The number of ether oxygens (including phenoxy) is 2. The smallest absolute Gasteiger partial charge is 0.119 e. The molecule has 0 radical (unpaired) electrons. The van der Waals surface area contributed by atoms with Crippen LogP contribution in [-0.2, 0) is 6.54 Å².